The average molecular weight is 602 g/mol. The molecule has 7 nitrogen and oxygen atoms in total. The molecule has 2 amide bonds. The van der Waals surface area contributed by atoms with Gasteiger partial charge in [0.2, 0.25) is 21.8 Å². The van der Waals surface area contributed by atoms with Gasteiger partial charge in [-0.1, -0.05) is 73.1 Å². The molecule has 0 bridgehead atoms. The molecule has 3 rings (SSSR count). The van der Waals surface area contributed by atoms with E-state index < -0.39 is 21.9 Å². The Morgan fingerprint density at radius 3 is 2.37 bits per heavy atom. The average Bonchev–Trinajstić information content (AvgIpc) is 2.94. The van der Waals surface area contributed by atoms with E-state index in [9.17, 15) is 22.4 Å². The summed E-state index contributed by atoms with van der Waals surface area (Å²) in [5.74, 6) is -1.18. The topological polar surface area (TPSA) is 86.8 Å². The number of sulfonamides is 1. The molecule has 220 valence electrons. The standard InChI is InChI=1S/C31H37ClFN3O4S/c1-4-18-34-31(38)29(20-24-11-6-5-7-12-24)35(22-25-13-8-9-14-27(25)33)30(37)15-10-19-36(41(3,39)40)28-21-26(32)17-16-23(28)2/h5-9,11-14,16-17,21,29H,4,10,15,18-20,22H2,1-3H3,(H,34,38)/t29-/m1/s1. The van der Waals surface area contributed by atoms with Crippen molar-refractivity contribution >= 4 is 39.1 Å². The largest absolute Gasteiger partial charge is 0.354 e. The molecule has 1 N–H and O–H groups in total. The Labute approximate surface area is 247 Å². The maximum Gasteiger partial charge on any atom is 0.243 e. The molecule has 0 fully saturated rings. The molecule has 0 aliphatic rings. The quantitative estimate of drug-likeness (QED) is 0.264. The Morgan fingerprint density at radius 1 is 1.02 bits per heavy atom. The molecule has 0 saturated heterocycles. The third-order valence-electron chi connectivity index (χ3n) is 6.71. The van der Waals surface area contributed by atoms with Crippen molar-refractivity contribution in [2.45, 2.75) is 52.1 Å². The van der Waals surface area contributed by atoms with E-state index in [0.29, 0.717) is 17.3 Å². The molecule has 0 aliphatic heterocycles. The van der Waals surface area contributed by atoms with E-state index in [1.54, 1.807) is 43.3 Å². The molecule has 3 aromatic rings. The molecular weight excluding hydrogens is 565 g/mol. The van der Waals surface area contributed by atoms with Crippen LogP contribution in [0.1, 0.15) is 42.9 Å². The molecular formula is C31H37ClFN3O4S. The highest BCUT2D eigenvalue weighted by Gasteiger charge is 2.31. The van der Waals surface area contributed by atoms with Crippen molar-refractivity contribution in [2.75, 3.05) is 23.7 Å². The minimum atomic E-state index is -3.67. The number of aryl methyl sites for hydroxylation is 1. The van der Waals surface area contributed by atoms with Crippen LogP contribution in [0, 0.1) is 12.7 Å². The second-order valence-corrected chi connectivity index (χ2v) is 12.3. The number of carbonyl (C=O) groups excluding carboxylic acids is 2. The zero-order valence-electron chi connectivity index (χ0n) is 23.6. The molecule has 0 aliphatic carbocycles. The number of carbonyl (C=O) groups is 2. The smallest absolute Gasteiger partial charge is 0.243 e. The second-order valence-electron chi connectivity index (χ2n) is 9.98. The Kier molecular flexibility index (Phi) is 11.7. The lowest BCUT2D eigenvalue weighted by atomic mass is 10.0. The molecule has 3 aromatic carbocycles. The van der Waals surface area contributed by atoms with Crippen molar-refractivity contribution in [3.63, 3.8) is 0 Å². The lowest BCUT2D eigenvalue weighted by molar-refractivity contribution is -0.141. The normalized spacial score (nSPS) is 12.0. The Bertz CT molecular complexity index is 1440. The fourth-order valence-electron chi connectivity index (χ4n) is 4.56. The van der Waals surface area contributed by atoms with Gasteiger partial charge in [0.05, 0.1) is 11.9 Å². The molecule has 0 saturated carbocycles. The predicted octanol–water partition coefficient (Wildman–Crippen LogP) is 5.50. The second kappa shape index (κ2) is 15.0. The van der Waals surface area contributed by atoms with Crippen molar-refractivity contribution < 1.29 is 22.4 Å². The fraction of sp³-hybridized carbons (Fsp3) is 0.355. The van der Waals surface area contributed by atoms with E-state index in [0.717, 1.165) is 23.8 Å². The summed E-state index contributed by atoms with van der Waals surface area (Å²) < 4.78 is 41.3. The van der Waals surface area contributed by atoms with E-state index in [1.807, 2.05) is 37.3 Å². The third-order valence-corrected chi connectivity index (χ3v) is 8.13. The van der Waals surface area contributed by atoms with E-state index in [1.165, 1.54) is 15.3 Å². The zero-order chi connectivity index (χ0) is 30.0. The Balaban J connectivity index is 1.90. The monoisotopic (exact) mass is 601 g/mol. The highest BCUT2D eigenvalue weighted by atomic mass is 35.5. The molecule has 0 unspecified atom stereocenters. The number of nitrogens with zero attached hydrogens (tertiary/aromatic N) is 2. The number of anilines is 1. The van der Waals surface area contributed by atoms with Crippen molar-refractivity contribution in [2.24, 2.45) is 0 Å². The first kappa shape index (κ1) is 32.1. The molecule has 0 heterocycles. The minimum absolute atomic E-state index is 0.0324. The number of benzene rings is 3. The van der Waals surface area contributed by atoms with Crippen molar-refractivity contribution in [3.8, 4) is 0 Å². The molecule has 41 heavy (non-hydrogen) atoms. The van der Waals surface area contributed by atoms with Crippen LogP contribution in [0.2, 0.25) is 5.02 Å². The molecule has 0 spiro atoms. The number of hydrogen-bond donors (Lipinski definition) is 1. The van der Waals surface area contributed by atoms with E-state index in [-0.39, 0.29) is 49.7 Å². The number of rotatable bonds is 14. The van der Waals surface area contributed by atoms with Crippen LogP contribution in [0.4, 0.5) is 10.1 Å². The highest BCUT2D eigenvalue weighted by molar-refractivity contribution is 7.92. The van der Waals surface area contributed by atoms with Gasteiger partial charge < -0.3 is 10.2 Å². The third kappa shape index (κ3) is 9.30. The van der Waals surface area contributed by atoms with Gasteiger partial charge in [0.25, 0.3) is 0 Å². The summed E-state index contributed by atoms with van der Waals surface area (Å²) in [6, 6.07) is 19.6. The van der Waals surface area contributed by atoms with Crippen molar-refractivity contribution in [1.29, 1.82) is 0 Å². The van der Waals surface area contributed by atoms with Crippen LogP contribution in [0.3, 0.4) is 0 Å². The van der Waals surface area contributed by atoms with Crippen LogP contribution >= 0.6 is 11.6 Å². The summed E-state index contributed by atoms with van der Waals surface area (Å²) in [6.45, 7) is 4.09. The summed E-state index contributed by atoms with van der Waals surface area (Å²) in [7, 11) is -3.67. The van der Waals surface area contributed by atoms with E-state index >= 15 is 0 Å². The summed E-state index contributed by atoms with van der Waals surface area (Å²) >= 11 is 6.14. The van der Waals surface area contributed by atoms with Gasteiger partial charge in [0.1, 0.15) is 11.9 Å². The summed E-state index contributed by atoms with van der Waals surface area (Å²) in [5.41, 5.74) is 2.31. The highest BCUT2D eigenvalue weighted by Crippen LogP contribution is 2.27. The molecule has 1 atom stereocenters. The van der Waals surface area contributed by atoms with Crippen LogP contribution in [-0.2, 0) is 32.6 Å². The van der Waals surface area contributed by atoms with Gasteiger partial charge in [-0.3, -0.25) is 13.9 Å². The molecule has 0 radical (unpaired) electrons. The first-order valence-corrected chi connectivity index (χ1v) is 15.8. The van der Waals surface area contributed by atoms with Gasteiger partial charge in [0, 0.05) is 43.1 Å². The van der Waals surface area contributed by atoms with Crippen LogP contribution in [-0.4, -0.2) is 50.5 Å². The van der Waals surface area contributed by atoms with Gasteiger partial charge in [-0.05, 0) is 49.1 Å². The lowest BCUT2D eigenvalue weighted by Crippen LogP contribution is -2.50. The van der Waals surface area contributed by atoms with Crippen LogP contribution in [0.15, 0.2) is 72.8 Å². The number of amides is 2. The first-order valence-electron chi connectivity index (χ1n) is 13.6. The van der Waals surface area contributed by atoms with Crippen LogP contribution in [0.25, 0.3) is 0 Å². The van der Waals surface area contributed by atoms with Gasteiger partial charge >= 0.3 is 0 Å². The van der Waals surface area contributed by atoms with Crippen molar-refractivity contribution in [3.05, 3.63) is 100 Å². The number of hydrogen-bond acceptors (Lipinski definition) is 4. The molecule has 0 aromatic heterocycles. The van der Waals surface area contributed by atoms with Gasteiger partial charge in [-0.15, -0.1) is 0 Å². The molecule has 10 heteroatoms. The number of halogens is 2. The van der Waals surface area contributed by atoms with Gasteiger partial charge in [-0.25, -0.2) is 12.8 Å². The SMILES string of the molecule is CCCNC(=O)[C@@H](Cc1ccccc1)N(Cc1ccccc1F)C(=O)CCCN(c1cc(Cl)ccc1C)S(C)(=O)=O. The maximum atomic E-state index is 14.7. The van der Waals surface area contributed by atoms with E-state index in [2.05, 4.69) is 5.32 Å². The minimum Gasteiger partial charge on any atom is -0.354 e. The fourth-order valence-corrected chi connectivity index (χ4v) is 5.74. The number of nitrogens with one attached hydrogen (secondary N) is 1. The maximum absolute atomic E-state index is 14.7. The summed E-state index contributed by atoms with van der Waals surface area (Å²) in [5, 5.41) is 3.29. The van der Waals surface area contributed by atoms with E-state index in [4.69, 9.17) is 11.6 Å². The summed E-state index contributed by atoms with van der Waals surface area (Å²) in [4.78, 5) is 28.6. The van der Waals surface area contributed by atoms with Crippen LogP contribution in [0.5, 0.6) is 0 Å². The van der Waals surface area contributed by atoms with Crippen LogP contribution < -0.4 is 9.62 Å². The zero-order valence-corrected chi connectivity index (χ0v) is 25.2. The predicted molar refractivity (Wildman–Crippen MR) is 162 cm³/mol. The summed E-state index contributed by atoms with van der Waals surface area (Å²) in [6.07, 6.45) is 2.20. The van der Waals surface area contributed by atoms with Crippen molar-refractivity contribution in [1.82, 2.24) is 10.2 Å². The Hall–Kier alpha value is -3.43. The van der Waals surface area contributed by atoms with Gasteiger partial charge in [0.15, 0.2) is 0 Å². The first-order chi connectivity index (χ1) is 19.5. The van der Waals surface area contributed by atoms with Gasteiger partial charge in [-0.2, -0.15) is 0 Å². The Morgan fingerprint density at radius 2 is 1.71 bits per heavy atom. The lowest BCUT2D eigenvalue weighted by Gasteiger charge is -2.32.